The van der Waals surface area contributed by atoms with Crippen LogP contribution in [0.4, 0.5) is 0 Å². The minimum Gasteiger partial charge on any atom is -0.457 e. The maximum absolute atomic E-state index is 12.8. The summed E-state index contributed by atoms with van der Waals surface area (Å²) in [7, 11) is -3.37. The summed E-state index contributed by atoms with van der Waals surface area (Å²) in [4.78, 5) is 16.3. The monoisotopic (exact) mass is 506 g/mol. The molecule has 2 aliphatic rings. The molecule has 36 heavy (non-hydrogen) atoms. The third-order valence-corrected chi connectivity index (χ3v) is 8.76. The molecule has 186 valence electrons. The molecule has 0 radical (unpaired) electrons. The number of hydrogen-bond donors (Lipinski definition) is 1. The zero-order chi connectivity index (χ0) is 25.4. The average molecular weight is 507 g/mol. The molecular formula is C25H26N6O4S. The Labute approximate surface area is 209 Å². The Kier molecular flexibility index (Phi) is 6.34. The van der Waals surface area contributed by atoms with Gasteiger partial charge in [0.2, 0.25) is 10.0 Å². The van der Waals surface area contributed by atoms with E-state index in [0.717, 1.165) is 27.8 Å². The summed E-state index contributed by atoms with van der Waals surface area (Å²) in [5, 5.41) is 16.9. The smallest absolute Gasteiger partial charge is 0.338 e. The van der Waals surface area contributed by atoms with E-state index in [0.29, 0.717) is 43.0 Å². The molecule has 2 aromatic heterocycles. The molecule has 1 atom stereocenters. The van der Waals surface area contributed by atoms with Crippen molar-refractivity contribution in [1.29, 1.82) is 5.26 Å². The number of benzene rings is 1. The number of sulfonamides is 1. The van der Waals surface area contributed by atoms with Gasteiger partial charge in [-0.2, -0.15) is 14.7 Å². The molecule has 1 fully saturated rings. The predicted octanol–water partition coefficient (Wildman–Crippen LogP) is 2.29. The second kappa shape index (κ2) is 9.46. The van der Waals surface area contributed by atoms with Crippen LogP contribution < -0.4 is 5.32 Å². The van der Waals surface area contributed by atoms with Crippen LogP contribution in [0.3, 0.4) is 0 Å². The third-order valence-electron chi connectivity index (χ3n) is 6.81. The molecule has 0 amide bonds. The Hall–Kier alpha value is -3.59. The molecule has 1 unspecified atom stereocenters. The topological polar surface area (TPSA) is 130 Å². The number of fused-ring (bicyclic) bond motifs is 1. The Morgan fingerprint density at radius 1 is 1.28 bits per heavy atom. The highest BCUT2D eigenvalue weighted by Crippen LogP contribution is 2.34. The van der Waals surface area contributed by atoms with E-state index < -0.39 is 16.1 Å². The van der Waals surface area contributed by atoms with Gasteiger partial charge in [-0.3, -0.25) is 0 Å². The number of aromatic nitrogens is 3. The summed E-state index contributed by atoms with van der Waals surface area (Å²) in [6.07, 6.45) is 5.70. The summed E-state index contributed by atoms with van der Waals surface area (Å²) in [5.41, 5.74) is 5.39. The van der Waals surface area contributed by atoms with Crippen LogP contribution in [0.25, 0.3) is 5.82 Å². The number of esters is 1. The van der Waals surface area contributed by atoms with Gasteiger partial charge < -0.3 is 10.1 Å². The first kappa shape index (κ1) is 24.1. The molecule has 0 saturated carbocycles. The van der Waals surface area contributed by atoms with Gasteiger partial charge in [-0.15, -0.1) is 0 Å². The molecule has 1 aromatic carbocycles. The molecule has 4 heterocycles. The summed E-state index contributed by atoms with van der Waals surface area (Å²) in [6, 6.07) is 7.09. The molecule has 0 bridgehead atoms. The predicted molar refractivity (Wildman–Crippen MR) is 131 cm³/mol. The molecular weight excluding hydrogens is 480 g/mol. The van der Waals surface area contributed by atoms with E-state index in [2.05, 4.69) is 21.5 Å². The van der Waals surface area contributed by atoms with Crippen LogP contribution in [0.2, 0.25) is 0 Å². The summed E-state index contributed by atoms with van der Waals surface area (Å²) < 4.78 is 34.0. The maximum Gasteiger partial charge on any atom is 0.338 e. The molecule has 11 heteroatoms. The lowest BCUT2D eigenvalue weighted by molar-refractivity contribution is 0.0535. The van der Waals surface area contributed by atoms with Crippen molar-refractivity contribution in [2.75, 3.05) is 18.8 Å². The van der Waals surface area contributed by atoms with Crippen LogP contribution in [0.15, 0.2) is 36.8 Å². The van der Waals surface area contributed by atoms with E-state index in [1.54, 1.807) is 21.3 Å². The third kappa shape index (κ3) is 4.39. The van der Waals surface area contributed by atoms with E-state index in [4.69, 9.17) is 10.00 Å². The van der Waals surface area contributed by atoms with E-state index >= 15 is 0 Å². The van der Waals surface area contributed by atoms with Crippen molar-refractivity contribution >= 4 is 16.0 Å². The van der Waals surface area contributed by atoms with Gasteiger partial charge >= 0.3 is 5.97 Å². The van der Waals surface area contributed by atoms with Crippen LogP contribution in [0.5, 0.6) is 0 Å². The maximum atomic E-state index is 12.8. The number of rotatable bonds is 7. The Bertz CT molecular complexity index is 1490. The number of carbonyl (C=O) groups excluding carboxylic acids is 1. The van der Waals surface area contributed by atoms with Crippen molar-refractivity contribution in [3.8, 4) is 11.9 Å². The van der Waals surface area contributed by atoms with Gasteiger partial charge in [-0.1, -0.05) is 6.07 Å². The van der Waals surface area contributed by atoms with Crippen molar-refractivity contribution < 1.29 is 17.9 Å². The lowest BCUT2D eigenvalue weighted by Crippen LogP contribution is -2.37. The molecule has 1 N–H and O–H groups in total. The summed E-state index contributed by atoms with van der Waals surface area (Å²) in [5.74, 6) is 0.412. The lowest BCUT2D eigenvalue weighted by Gasteiger charge is -2.29. The number of aryl methyl sites for hydroxylation is 1. The zero-order valence-electron chi connectivity index (χ0n) is 20.1. The second-order valence-electron chi connectivity index (χ2n) is 9.07. The van der Waals surface area contributed by atoms with E-state index in [-0.39, 0.29) is 18.3 Å². The van der Waals surface area contributed by atoms with Crippen molar-refractivity contribution in [3.63, 3.8) is 0 Å². The number of cyclic esters (lactones) is 1. The Balaban J connectivity index is 1.35. The minimum atomic E-state index is -3.37. The van der Waals surface area contributed by atoms with Gasteiger partial charge in [0, 0.05) is 43.2 Å². The number of ether oxygens (including phenoxy) is 1. The van der Waals surface area contributed by atoms with E-state index in [1.165, 1.54) is 6.20 Å². The normalized spacial score (nSPS) is 17.5. The van der Waals surface area contributed by atoms with Crippen molar-refractivity contribution in [3.05, 3.63) is 75.7 Å². The van der Waals surface area contributed by atoms with Gasteiger partial charge in [-0.05, 0) is 49.1 Å². The largest absolute Gasteiger partial charge is 0.457 e. The van der Waals surface area contributed by atoms with Gasteiger partial charge in [0.1, 0.15) is 12.7 Å². The van der Waals surface area contributed by atoms with Gasteiger partial charge in [-0.25, -0.2) is 22.9 Å². The van der Waals surface area contributed by atoms with Gasteiger partial charge in [0.05, 0.1) is 29.1 Å². The van der Waals surface area contributed by atoms with Crippen molar-refractivity contribution in [1.82, 2.24) is 24.4 Å². The number of carbonyl (C=O) groups is 1. The lowest BCUT2D eigenvalue weighted by atomic mass is 9.94. The first-order valence-electron chi connectivity index (χ1n) is 11.7. The summed E-state index contributed by atoms with van der Waals surface area (Å²) >= 11 is 0. The first-order valence-corrected chi connectivity index (χ1v) is 13.3. The molecule has 3 aromatic rings. The SMILES string of the molecule is Cc1cc(-n2cc(CNCC(c3ccc4c(c3C)COC4=O)N3CCCS3(=O)=O)cn2)ncc1C#N. The number of hydrogen-bond acceptors (Lipinski definition) is 8. The number of nitrogens with zero attached hydrogens (tertiary/aromatic N) is 5. The second-order valence-corrected chi connectivity index (χ2v) is 11.1. The van der Waals surface area contributed by atoms with Crippen LogP contribution in [0, 0.1) is 25.2 Å². The number of nitrogens with one attached hydrogen (secondary N) is 1. The molecule has 0 spiro atoms. The van der Waals surface area contributed by atoms with Crippen molar-refractivity contribution in [2.24, 2.45) is 0 Å². The van der Waals surface area contributed by atoms with Crippen molar-refractivity contribution in [2.45, 2.75) is 39.5 Å². The quantitative estimate of drug-likeness (QED) is 0.483. The zero-order valence-corrected chi connectivity index (χ0v) is 20.9. The summed E-state index contributed by atoms with van der Waals surface area (Å²) in [6.45, 7) is 5.32. The minimum absolute atomic E-state index is 0.138. The van der Waals surface area contributed by atoms with Crippen LogP contribution in [0.1, 0.15) is 56.2 Å². The van der Waals surface area contributed by atoms with Crippen LogP contribution >= 0.6 is 0 Å². The average Bonchev–Trinajstić information content (AvgIpc) is 3.56. The highest BCUT2D eigenvalue weighted by atomic mass is 32.2. The van der Waals surface area contributed by atoms with Crippen LogP contribution in [-0.4, -0.2) is 52.3 Å². The van der Waals surface area contributed by atoms with Gasteiger partial charge in [0.25, 0.3) is 0 Å². The number of pyridine rings is 1. The van der Waals surface area contributed by atoms with Crippen LogP contribution in [-0.2, 0) is 27.9 Å². The Morgan fingerprint density at radius 2 is 2.11 bits per heavy atom. The highest BCUT2D eigenvalue weighted by Gasteiger charge is 2.37. The van der Waals surface area contributed by atoms with Gasteiger partial charge in [0.15, 0.2) is 5.82 Å². The fraction of sp³-hybridized carbons (Fsp3) is 0.360. The molecule has 2 aliphatic heterocycles. The van der Waals surface area contributed by atoms with E-state index in [1.807, 2.05) is 32.2 Å². The number of nitriles is 1. The molecule has 0 aliphatic carbocycles. The first-order chi connectivity index (χ1) is 17.3. The van der Waals surface area contributed by atoms with E-state index in [9.17, 15) is 13.2 Å². The standard InChI is InChI=1S/C25H26N6O4S/c1-16-8-24(28-12-19(16)9-26)30-14-18(11-29-30)10-27-13-23(31-6-3-7-36(31,33)34)20-4-5-21-22(17(20)2)15-35-25(21)32/h4-5,8,11-12,14,23,27H,3,6-7,10,13,15H2,1-2H3. The molecule has 1 saturated heterocycles. The highest BCUT2D eigenvalue weighted by molar-refractivity contribution is 7.89. The molecule has 10 nitrogen and oxygen atoms in total. The Morgan fingerprint density at radius 3 is 2.83 bits per heavy atom. The fourth-order valence-electron chi connectivity index (χ4n) is 4.82. The molecule has 5 rings (SSSR count). The fourth-order valence-corrected chi connectivity index (χ4v) is 6.53.